The molecule has 0 bridgehead atoms. The Morgan fingerprint density at radius 3 is 2.65 bits per heavy atom. The zero-order valence-electron chi connectivity index (χ0n) is 11.8. The number of nitrogens with one attached hydrogen (secondary N) is 1. The molecule has 0 radical (unpaired) electrons. The normalized spacial score (nSPS) is 12.4. The number of benzene rings is 2. The zero-order chi connectivity index (χ0) is 14.5. The van der Waals surface area contributed by atoms with Crippen LogP contribution in [0.4, 0.5) is 4.39 Å². The number of hydrogen-bond acceptors (Lipinski definition) is 1. The van der Waals surface area contributed by atoms with E-state index in [9.17, 15) is 4.39 Å². The molecule has 0 saturated heterocycles. The van der Waals surface area contributed by atoms with E-state index < -0.39 is 0 Å². The third-order valence-corrected chi connectivity index (χ3v) is 4.22. The van der Waals surface area contributed by atoms with E-state index in [4.69, 9.17) is 0 Å². The van der Waals surface area contributed by atoms with Crippen molar-refractivity contribution < 1.29 is 4.39 Å². The highest BCUT2D eigenvalue weighted by molar-refractivity contribution is 9.10. The number of likely N-dealkylation sites (N-methyl/N-ethyl adjacent to an activating group) is 1. The summed E-state index contributed by atoms with van der Waals surface area (Å²) in [6.45, 7) is 2.10. The lowest BCUT2D eigenvalue weighted by Gasteiger charge is -2.17. The molecule has 2 aromatic carbocycles. The van der Waals surface area contributed by atoms with Gasteiger partial charge >= 0.3 is 0 Å². The van der Waals surface area contributed by atoms with Crippen molar-refractivity contribution in [3.63, 3.8) is 0 Å². The molecule has 0 aliphatic heterocycles. The van der Waals surface area contributed by atoms with Crippen molar-refractivity contribution in [1.82, 2.24) is 5.32 Å². The van der Waals surface area contributed by atoms with E-state index >= 15 is 0 Å². The first-order valence-corrected chi connectivity index (χ1v) is 7.54. The van der Waals surface area contributed by atoms with Gasteiger partial charge in [0.05, 0.1) is 0 Å². The maximum atomic E-state index is 13.3. The highest BCUT2D eigenvalue weighted by Gasteiger charge is 2.11. The van der Waals surface area contributed by atoms with Gasteiger partial charge in [0, 0.05) is 10.5 Å². The zero-order valence-corrected chi connectivity index (χ0v) is 13.4. The molecule has 0 amide bonds. The van der Waals surface area contributed by atoms with Crippen molar-refractivity contribution in [1.29, 1.82) is 0 Å². The fourth-order valence-corrected chi connectivity index (χ4v) is 2.77. The summed E-state index contributed by atoms with van der Waals surface area (Å²) >= 11 is 3.49. The molecule has 1 unspecified atom stereocenters. The number of halogens is 2. The quantitative estimate of drug-likeness (QED) is 0.860. The van der Waals surface area contributed by atoms with E-state index in [1.165, 1.54) is 17.2 Å². The predicted molar refractivity (Wildman–Crippen MR) is 85.5 cm³/mol. The first kappa shape index (κ1) is 15.2. The molecule has 0 heterocycles. The average Bonchev–Trinajstić information content (AvgIpc) is 2.42. The second kappa shape index (κ2) is 7.00. The maximum Gasteiger partial charge on any atom is 0.123 e. The molecule has 3 heteroatoms. The standard InChI is InChI=1S/C17H19BrFN/c1-12-4-3-5-13(8-12)9-16(20-2)11-14-10-15(19)6-7-17(14)18/h3-8,10,16,20H,9,11H2,1-2H3. The van der Waals surface area contributed by atoms with E-state index in [1.807, 2.05) is 7.05 Å². The van der Waals surface area contributed by atoms with Gasteiger partial charge in [-0.3, -0.25) is 0 Å². The van der Waals surface area contributed by atoms with Gasteiger partial charge in [-0.2, -0.15) is 0 Å². The molecule has 106 valence electrons. The van der Waals surface area contributed by atoms with Crippen LogP contribution < -0.4 is 5.32 Å². The van der Waals surface area contributed by atoms with Crippen LogP contribution in [-0.2, 0) is 12.8 Å². The summed E-state index contributed by atoms with van der Waals surface area (Å²) in [5.74, 6) is -0.186. The van der Waals surface area contributed by atoms with Crippen LogP contribution in [0.3, 0.4) is 0 Å². The highest BCUT2D eigenvalue weighted by Crippen LogP contribution is 2.20. The molecule has 0 saturated carbocycles. The molecular formula is C17H19BrFN. The number of hydrogen-bond donors (Lipinski definition) is 1. The van der Waals surface area contributed by atoms with Gasteiger partial charge in [-0.25, -0.2) is 4.39 Å². The molecule has 0 spiro atoms. The minimum absolute atomic E-state index is 0.186. The first-order valence-electron chi connectivity index (χ1n) is 6.75. The summed E-state index contributed by atoms with van der Waals surface area (Å²) in [4.78, 5) is 0. The van der Waals surface area contributed by atoms with Crippen molar-refractivity contribution in [3.8, 4) is 0 Å². The van der Waals surface area contributed by atoms with Crippen LogP contribution in [0.25, 0.3) is 0 Å². The molecule has 0 aliphatic rings. The summed E-state index contributed by atoms with van der Waals surface area (Å²) < 4.78 is 14.3. The topological polar surface area (TPSA) is 12.0 Å². The van der Waals surface area contributed by atoms with Crippen LogP contribution in [0.1, 0.15) is 16.7 Å². The van der Waals surface area contributed by atoms with Crippen LogP contribution in [-0.4, -0.2) is 13.1 Å². The maximum absolute atomic E-state index is 13.3. The third kappa shape index (κ3) is 4.15. The largest absolute Gasteiger partial charge is 0.316 e. The second-order valence-corrected chi connectivity index (χ2v) is 5.97. The van der Waals surface area contributed by atoms with Crippen molar-refractivity contribution in [2.45, 2.75) is 25.8 Å². The highest BCUT2D eigenvalue weighted by atomic mass is 79.9. The minimum Gasteiger partial charge on any atom is -0.316 e. The van der Waals surface area contributed by atoms with Crippen molar-refractivity contribution in [2.24, 2.45) is 0 Å². The van der Waals surface area contributed by atoms with Crippen LogP contribution in [0.5, 0.6) is 0 Å². The second-order valence-electron chi connectivity index (χ2n) is 5.12. The molecule has 1 N–H and O–H groups in total. The summed E-state index contributed by atoms with van der Waals surface area (Å²) in [5, 5.41) is 3.32. The summed E-state index contributed by atoms with van der Waals surface area (Å²) in [7, 11) is 1.95. The molecule has 0 aromatic heterocycles. The van der Waals surface area contributed by atoms with Crippen LogP contribution in [0.15, 0.2) is 46.9 Å². The lowest BCUT2D eigenvalue weighted by Crippen LogP contribution is -2.30. The smallest absolute Gasteiger partial charge is 0.123 e. The van der Waals surface area contributed by atoms with Crippen molar-refractivity contribution in [2.75, 3.05) is 7.05 Å². The van der Waals surface area contributed by atoms with Gasteiger partial charge in [0.25, 0.3) is 0 Å². The summed E-state index contributed by atoms with van der Waals surface area (Å²) in [6, 6.07) is 13.6. The van der Waals surface area contributed by atoms with Crippen molar-refractivity contribution in [3.05, 3.63) is 69.4 Å². The molecular weight excluding hydrogens is 317 g/mol. The summed E-state index contributed by atoms with van der Waals surface area (Å²) in [6.07, 6.45) is 1.73. The lowest BCUT2D eigenvalue weighted by molar-refractivity contribution is 0.551. The SMILES string of the molecule is CNC(Cc1cccc(C)c1)Cc1cc(F)ccc1Br. The van der Waals surface area contributed by atoms with Crippen LogP contribution in [0.2, 0.25) is 0 Å². The minimum atomic E-state index is -0.186. The van der Waals surface area contributed by atoms with Gasteiger partial charge < -0.3 is 5.32 Å². The van der Waals surface area contributed by atoms with Gasteiger partial charge in [-0.1, -0.05) is 45.8 Å². The molecule has 20 heavy (non-hydrogen) atoms. The molecule has 0 aliphatic carbocycles. The van der Waals surface area contributed by atoms with Crippen LogP contribution in [0, 0.1) is 12.7 Å². The Hall–Kier alpha value is -1.19. The van der Waals surface area contributed by atoms with E-state index in [0.29, 0.717) is 0 Å². The van der Waals surface area contributed by atoms with Crippen molar-refractivity contribution >= 4 is 15.9 Å². The Labute approximate surface area is 128 Å². The molecule has 0 fully saturated rings. The molecule has 2 aromatic rings. The Balaban J connectivity index is 2.11. The number of aryl methyl sites for hydroxylation is 1. The molecule has 1 nitrogen and oxygen atoms in total. The fraction of sp³-hybridized carbons (Fsp3) is 0.294. The van der Waals surface area contributed by atoms with Gasteiger partial charge in [-0.15, -0.1) is 0 Å². The lowest BCUT2D eigenvalue weighted by atomic mass is 9.98. The Morgan fingerprint density at radius 1 is 1.15 bits per heavy atom. The average molecular weight is 336 g/mol. The third-order valence-electron chi connectivity index (χ3n) is 3.45. The molecule has 2 rings (SSSR count). The van der Waals surface area contributed by atoms with Gasteiger partial charge in [0.1, 0.15) is 5.82 Å². The Bertz CT molecular complexity index is 583. The Kier molecular flexibility index (Phi) is 5.32. The first-order chi connectivity index (χ1) is 9.58. The van der Waals surface area contributed by atoms with E-state index in [-0.39, 0.29) is 11.9 Å². The molecule has 1 atom stereocenters. The number of rotatable bonds is 5. The van der Waals surface area contributed by atoms with Gasteiger partial charge in [0.2, 0.25) is 0 Å². The van der Waals surface area contributed by atoms with E-state index in [2.05, 4.69) is 52.4 Å². The predicted octanol–water partition coefficient (Wildman–Crippen LogP) is 4.27. The van der Waals surface area contributed by atoms with Gasteiger partial charge in [-0.05, 0) is 56.1 Å². The van der Waals surface area contributed by atoms with Crippen LogP contribution >= 0.6 is 15.9 Å². The van der Waals surface area contributed by atoms with E-state index in [1.54, 1.807) is 12.1 Å². The van der Waals surface area contributed by atoms with Gasteiger partial charge in [0.15, 0.2) is 0 Å². The van der Waals surface area contributed by atoms with E-state index in [0.717, 1.165) is 22.9 Å². The summed E-state index contributed by atoms with van der Waals surface area (Å²) in [5.41, 5.74) is 3.57. The Morgan fingerprint density at radius 2 is 1.95 bits per heavy atom. The monoisotopic (exact) mass is 335 g/mol. The fourth-order valence-electron chi connectivity index (χ4n) is 2.37.